The molecule has 0 spiro atoms. The van der Waals surface area contributed by atoms with Crippen molar-refractivity contribution in [3.63, 3.8) is 0 Å². The standard InChI is InChI=1S/C20H29N3O/c24-20-14-19-18(23(20)13-8-16-6-10-21-11-7-16)9-12-22(19)15-17-4-2-1-3-5-17/h6-7,10-11,17-19H,1-5,8-9,12-15H2/t18-,19-/m0/s1. The van der Waals surface area contributed by atoms with E-state index >= 15 is 0 Å². The second kappa shape index (κ2) is 7.22. The summed E-state index contributed by atoms with van der Waals surface area (Å²) in [7, 11) is 0. The zero-order valence-corrected chi connectivity index (χ0v) is 14.6. The molecule has 1 saturated carbocycles. The summed E-state index contributed by atoms with van der Waals surface area (Å²) in [6, 6.07) is 5.06. The van der Waals surface area contributed by atoms with Gasteiger partial charge in [0.15, 0.2) is 0 Å². The van der Waals surface area contributed by atoms with Crippen molar-refractivity contribution in [2.24, 2.45) is 5.92 Å². The molecule has 1 amide bonds. The third kappa shape index (κ3) is 3.34. The van der Waals surface area contributed by atoms with Crippen molar-refractivity contribution in [3.8, 4) is 0 Å². The van der Waals surface area contributed by atoms with Crippen LogP contribution in [-0.2, 0) is 11.2 Å². The van der Waals surface area contributed by atoms with Crippen LogP contribution < -0.4 is 0 Å². The van der Waals surface area contributed by atoms with Crippen LogP contribution in [0.15, 0.2) is 24.5 Å². The predicted molar refractivity (Wildman–Crippen MR) is 94.6 cm³/mol. The van der Waals surface area contributed by atoms with Gasteiger partial charge in [-0.2, -0.15) is 0 Å². The highest BCUT2D eigenvalue weighted by Crippen LogP contribution is 2.34. The average Bonchev–Trinajstić information content (AvgIpc) is 3.14. The molecule has 1 aliphatic carbocycles. The molecular formula is C20H29N3O. The number of aromatic nitrogens is 1. The average molecular weight is 327 g/mol. The fourth-order valence-electron chi connectivity index (χ4n) is 5.03. The Hall–Kier alpha value is -1.42. The molecule has 3 aliphatic rings. The lowest BCUT2D eigenvalue weighted by molar-refractivity contribution is -0.129. The van der Waals surface area contributed by atoms with E-state index in [2.05, 4.69) is 26.9 Å². The molecule has 4 nitrogen and oxygen atoms in total. The Balaban J connectivity index is 1.34. The van der Waals surface area contributed by atoms with E-state index in [4.69, 9.17) is 0 Å². The quantitative estimate of drug-likeness (QED) is 0.834. The van der Waals surface area contributed by atoms with E-state index in [1.807, 2.05) is 12.4 Å². The predicted octanol–water partition coefficient (Wildman–Crippen LogP) is 2.88. The number of likely N-dealkylation sites (tertiary alicyclic amines) is 2. The number of carbonyl (C=O) groups excluding carboxylic acids is 1. The molecular weight excluding hydrogens is 298 g/mol. The molecule has 130 valence electrons. The van der Waals surface area contributed by atoms with Gasteiger partial charge in [-0.3, -0.25) is 14.7 Å². The summed E-state index contributed by atoms with van der Waals surface area (Å²) in [6.07, 6.45) is 13.6. The molecule has 0 bridgehead atoms. The number of nitrogens with zero attached hydrogens (tertiary/aromatic N) is 3. The van der Waals surface area contributed by atoms with Gasteiger partial charge in [-0.25, -0.2) is 0 Å². The molecule has 24 heavy (non-hydrogen) atoms. The number of hydrogen-bond donors (Lipinski definition) is 0. The van der Waals surface area contributed by atoms with E-state index in [1.165, 1.54) is 57.2 Å². The van der Waals surface area contributed by atoms with Crippen LogP contribution in [0.2, 0.25) is 0 Å². The van der Waals surface area contributed by atoms with E-state index in [1.54, 1.807) is 0 Å². The molecule has 4 rings (SSSR count). The van der Waals surface area contributed by atoms with E-state index in [9.17, 15) is 4.79 Å². The van der Waals surface area contributed by atoms with Gasteiger partial charge in [0.2, 0.25) is 5.91 Å². The molecule has 1 aromatic rings. The van der Waals surface area contributed by atoms with Crippen LogP contribution in [0, 0.1) is 5.92 Å². The third-order valence-corrected chi connectivity index (χ3v) is 6.34. The molecule has 0 aromatic carbocycles. The summed E-state index contributed by atoms with van der Waals surface area (Å²) in [5, 5.41) is 0. The lowest BCUT2D eigenvalue weighted by atomic mass is 9.89. The minimum Gasteiger partial charge on any atom is -0.338 e. The van der Waals surface area contributed by atoms with Gasteiger partial charge in [0, 0.05) is 50.5 Å². The molecule has 4 heteroatoms. The van der Waals surface area contributed by atoms with Crippen LogP contribution in [0.25, 0.3) is 0 Å². The molecule has 0 unspecified atom stereocenters. The Kier molecular flexibility index (Phi) is 4.83. The maximum atomic E-state index is 12.5. The molecule has 3 heterocycles. The summed E-state index contributed by atoms with van der Waals surface area (Å²) in [4.78, 5) is 21.4. The van der Waals surface area contributed by atoms with Gasteiger partial charge in [-0.1, -0.05) is 19.3 Å². The maximum Gasteiger partial charge on any atom is 0.224 e. The third-order valence-electron chi connectivity index (χ3n) is 6.34. The van der Waals surface area contributed by atoms with Crippen molar-refractivity contribution in [1.29, 1.82) is 0 Å². The van der Waals surface area contributed by atoms with E-state index in [0.29, 0.717) is 18.0 Å². The number of rotatable bonds is 5. The van der Waals surface area contributed by atoms with Gasteiger partial charge in [0.05, 0.1) is 0 Å². The zero-order chi connectivity index (χ0) is 16.4. The van der Waals surface area contributed by atoms with Crippen molar-refractivity contribution < 1.29 is 4.79 Å². The molecule has 2 saturated heterocycles. The largest absolute Gasteiger partial charge is 0.338 e. The van der Waals surface area contributed by atoms with Crippen LogP contribution in [0.5, 0.6) is 0 Å². The van der Waals surface area contributed by atoms with Crippen LogP contribution in [0.1, 0.15) is 50.5 Å². The summed E-state index contributed by atoms with van der Waals surface area (Å²) < 4.78 is 0. The second-order valence-corrected chi connectivity index (χ2v) is 7.82. The van der Waals surface area contributed by atoms with Crippen molar-refractivity contribution in [2.75, 3.05) is 19.6 Å². The molecule has 2 atom stereocenters. The molecule has 0 N–H and O–H groups in total. The summed E-state index contributed by atoms with van der Waals surface area (Å²) >= 11 is 0. The first-order valence-corrected chi connectivity index (χ1v) is 9.73. The lowest BCUT2D eigenvalue weighted by Gasteiger charge is -2.30. The van der Waals surface area contributed by atoms with E-state index in [-0.39, 0.29) is 0 Å². The van der Waals surface area contributed by atoms with Crippen LogP contribution in [-0.4, -0.2) is 52.4 Å². The molecule has 3 fully saturated rings. The van der Waals surface area contributed by atoms with Gasteiger partial charge >= 0.3 is 0 Å². The monoisotopic (exact) mass is 327 g/mol. The van der Waals surface area contributed by atoms with Crippen molar-refractivity contribution in [2.45, 2.75) is 63.5 Å². The number of hydrogen-bond acceptors (Lipinski definition) is 3. The highest BCUT2D eigenvalue weighted by Gasteiger charge is 2.46. The smallest absolute Gasteiger partial charge is 0.224 e. The number of fused-ring (bicyclic) bond motifs is 1. The van der Waals surface area contributed by atoms with Gasteiger partial charge in [-0.05, 0) is 49.3 Å². The van der Waals surface area contributed by atoms with Gasteiger partial charge in [0.1, 0.15) is 0 Å². The summed E-state index contributed by atoms with van der Waals surface area (Å²) in [5.41, 5.74) is 1.28. The van der Waals surface area contributed by atoms with E-state index in [0.717, 1.165) is 25.3 Å². The normalized spacial score (nSPS) is 28.5. The molecule has 1 aromatic heterocycles. The Labute approximate surface area is 145 Å². The first kappa shape index (κ1) is 16.1. The first-order chi connectivity index (χ1) is 11.8. The molecule has 2 aliphatic heterocycles. The second-order valence-electron chi connectivity index (χ2n) is 7.82. The first-order valence-electron chi connectivity index (χ1n) is 9.73. The van der Waals surface area contributed by atoms with Gasteiger partial charge in [0.25, 0.3) is 0 Å². The Morgan fingerprint density at radius 2 is 1.83 bits per heavy atom. The highest BCUT2D eigenvalue weighted by atomic mass is 16.2. The zero-order valence-electron chi connectivity index (χ0n) is 14.6. The fourth-order valence-corrected chi connectivity index (χ4v) is 5.03. The minimum atomic E-state index is 0.368. The molecule has 0 radical (unpaired) electrons. The minimum absolute atomic E-state index is 0.368. The van der Waals surface area contributed by atoms with Crippen molar-refractivity contribution >= 4 is 5.91 Å². The lowest BCUT2D eigenvalue weighted by Crippen LogP contribution is -2.39. The number of pyridine rings is 1. The van der Waals surface area contributed by atoms with Gasteiger partial charge in [-0.15, -0.1) is 0 Å². The number of amides is 1. The van der Waals surface area contributed by atoms with E-state index < -0.39 is 0 Å². The van der Waals surface area contributed by atoms with Crippen molar-refractivity contribution in [3.05, 3.63) is 30.1 Å². The maximum absolute atomic E-state index is 12.5. The van der Waals surface area contributed by atoms with Gasteiger partial charge < -0.3 is 4.90 Å². The Morgan fingerprint density at radius 1 is 1.04 bits per heavy atom. The van der Waals surface area contributed by atoms with Crippen molar-refractivity contribution in [1.82, 2.24) is 14.8 Å². The van der Waals surface area contributed by atoms with Crippen LogP contribution in [0.4, 0.5) is 0 Å². The van der Waals surface area contributed by atoms with Crippen LogP contribution in [0.3, 0.4) is 0 Å². The topological polar surface area (TPSA) is 36.4 Å². The Morgan fingerprint density at radius 3 is 2.62 bits per heavy atom. The number of carbonyl (C=O) groups is 1. The highest BCUT2D eigenvalue weighted by molar-refractivity contribution is 5.80. The summed E-state index contributed by atoms with van der Waals surface area (Å²) in [5.74, 6) is 1.24. The summed E-state index contributed by atoms with van der Waals surface area (Å²) in [6.45, 7) is 3.28. The van der Waals surface area contributed by atoms with Crippen LogP contribution >= 0.6 is 0 Å². The fraction of sp³-hybridized carbons (Fsp3) is 0.700. The SMILES string of the molecule is O=C1C[C@H]2[C@H](CCN2CC2CCCCC2)N1CCc1ccncc1. The Bertz CT molecular complexity index is 555.